The Bertz CT molecular complexity index is 249. The number of morpholine rings is 1. The molecule has 0 aliphatic carbocycles. The summed E-state index contributed by atoms with van der Waals surface area (Å²) in [5.41, 5.74) is 7.75. The minimum atomic E-state index is 0.0713. The lowest BCUT2D eigenvalue weighted by molar-refractivity contribution is -0.0272. The Morgan fingerprint density at radius 1 is 1.41 bits per heavy atom. The van der Waals surface area contributed by atoms with Crippen molar-refractivity contribution in [2.24, 2.45) is 5.73 Å². The number of rotatable bonds is 6. The third-order valence-corrected chi connectivity index (χ3v) is 4.26. The van der Waals surface area contributed by atoms with E-state index in [0.29, 0.717) is 0 Å². The molecule has 3 nitrogen and oxygen atoms in total. The molecule has 1 rings (SSSR count). The predicted octanol–water partition coefficient (Wildman–Crippen LogP) is 2.17. The molecule has 1 saturated heterocycles. The second-order valence-corrected chi connectivity index (χ2v) is 5.22. The van der Waals surface area contributed by atoms with Crippen LogP contribution in [0.2, 0.25) is 0 Å². The molecular formula is C14H28N2O. The Morgan fingerprint density at radius 3 is 2.47 bits per heavy atom. The van der Waals surface area contributed by atoms with Gasteiger partial charge in [0.1, 0.15) is 0 Å². The first-order valence-electron chi connectivity index (χ1n) is 6.79. The van der Waals surface area contributed by atoms with Crippen LogP contribution in [0.3, 0.4) is 0 Å². The van der Waals surface area contributed by atoms with Crippen molar-refractivity contribution in [3.05, 3.63) is 12.2 Å². The van der Waals surface area contributed by atoms with Crippen LogP contribution >= 0.6 is 0 Å². The maximum atomic E-state index is 6.43. The van der Waals surface area contributed by atoms with E-state index in [4.69, 9.17) is 10.5 Å². The topological polar surface area (TPSA) is 38.5 Å². The maximum absolute atomic E-state index is 6.43. The van der Waals surface area contributed by atoms with Crippen molar-refractivity contribution in [2.45, 2.75) is 51.6 Å². The summed E-state index contributed by atoms with van der Waals surface area (Å²) in [5.74, 6) is 0. The summed E-state index contributed by atoms with van der Waals surface area (Å²) >= 11 is 0. The Morgan fingerprint density at radius 2 is 2.00 bits per heavy atom. The van der Waals surface area contributed by atoms with Gasteiger partial charge in [0.25, 0.3) is 0 Å². The summed E-state index contributed by atoms with van der Waals surface area (Å²) in [7, 11) is 0. The van der Waals surface area contributed by atoms with Crippen molar-refractivity contribution in [1.82, 2.24) is 4.90 Å². The van der Waals surface area contributed by atoms with E-state index in [1.807, 2.05) is 0 Å². The molecule has 0 spiro atoms. The number of hydrogen-bond acceptors (Lipinski definition) is 3. The molecule has 0 aromatic rings. The lowest BCUT2D eigenvalue weighted by Gasteiger charge is -2.46. The maximum Gasteiger partial charge on any atom is 0.0594 e. The molecule has 0 bridgehead atoms. The van der Waals surface area contributed by atoms with Crippen LogP contribution in [0.4, 0.5) is 0 Å². The molecule has 17 heavy (non-hydrogen) atoms. The minimum Gasteiger partial charge on any atom is -0.379 e. The molecule has 100 valence electrons. The average Bonchev–Trinajstić information content (AvgIpc) is 2.38. The zero-order chi connectivity index (χ0) is 12.9. The molecule has 3 heteroatoms. The second kappa shape index (κ2) is 6.53. The molecule has 1 fully saturated rings. The van der Waals surface area contributed by atoms with Crippen LogP contribution in [0.25, 0.3) is 0 Å². The van der Waals surface area contributed by atoms with Crippen LogP contribution in [-0.4, -0.2) is 42.8 Å². The number of hydrogen-bond donors (Lipinski definition) is 1. The quantitative estimate of drug-likeness (QED) is 0.723. The molecule has 1 aliphatic rings. The fourth-order valence-electron chi connectivity index (χ4n) is 2.47. The summed E-state index contributed by atoms with van der Waals surface area (Å²) in [6, 6.07) is 0.165. The standard InChI is InChI=1S/C14H28N2O/c1-5-12(3)11-13(15)14(4,6-2)16-7-9-17-10-8-16/h13H,3,5-11,15H2,1-2,4H3. The van der Waals surface area contributed by atoms with Crippen molar-refractivity contribution in [1.29, 1.82) is 0 Å². The van der Waals surface area contributed by atoms with E-state index in [1.165, 1.54) is 5.57 Å². The van der Waals surface area contributed by atoms with E-state index < -0.39 is 0 Å². The summed E-state index contributed by atoms with van der Waals surface area (Å²) in [6.07, 6.45) is 3.03. The Hall–Kier alpha value is -0.380. The molecule has 2 N–H and O–H groups in total. The van der Waals surface area contributed by atoms with Crippen LogP contribution in [-0.2, 0) is 4.74 Å². The van der Waals surface area contributed by atoms with Crippen molar-refractivity contribution in [3.8, 4) is 0 Å². The second-order valence-electron chi connectivity index (χ2n) is 5.22. The van der Waals surface area contributed by atoms with Crippen molar-refractivity contribution in [3.63, 3.8) is 0 Å². The van der Waals surface area contributed by atoms with Crippen LogP contribution in [0.5, 0.6) is 0 Å². The fourth-order valence-corrected chi connectivity index (χ4v) is 2.47. The van der Waals surface area contributed by atoms with Gasteiger partial charge in [-0.05, 0) is 26.2 Å². The van der Waals surface area contributed by atoms with Gasteiger partial charge < -0.3 is 10.5 Å². The highest BCUT2D eigenvalue weighted by atomic mass is 16.5. The molecular weight excluding hydrogens is 212 g/mol. The highest BCUT2D eigenvalue weighted by molar-refractivity contribution is 5.04. The van der Waals surface area contributed by atoms with E-state index in [2.05, 4.69) is 32.3 Å². The minimum absolute atomic E-state index is 0.0713. The van der Waals surface area contributed by atoms with E-state index in [1.54, 1.807) is 0 Å². The van der Waals surface area contributed by atoms with E-state index in [9.17, 15) is 0 Å². The molecule has 1 aliphatic heterocycles. The van der Waals surface area contributed by atoms with Crippen molar-refractivity contribution < 1.29 is 4.74 Å². The first-order valence-corrected chi connectivity index (χ1v) is 6.79. The van der Waals surface area contributed by atoms with Crippen LogP contribution in [0.1, 0.15) is 40.0 Å². The number of nitrogens with zero attached hydrogens (tertiary/aromatic N) is 1. The van der Waals surface area contributed by atoms with E-state index in [0.717, 1.165) is 45.6 Å². The van der Waals surface area contributed by atoms with Gasteiger partial charge in [-0.25, -0.2) is 0 Å². The first kappa shape index (κ1) is 14.7. The smallest absolute Gasteiger partial charge is 0.0594 e. The Labute approximate surface area is 106 Å². The van der Waals surface area contributed by atoms with Gasteiger partial charge in [-0.15, -0.1) is 0 Å². The Balaban J connectivity index is 2.67. The lowest BCUT2D eigenvalue weighted by atomic mass is 9.83. The number of ether oxygens (including phenoxy) is 1. The molecule has 0 radical (unpaired) electrons. The third kappa shape index (κ3) is 3.54. The lowest BCUT2D eigenvalue weighted by Crippen LogP contribution is -2.60. The van der Waals surface area contributed by atoms with Gasteiger partial charge in [-0.2, -0.15) is 0 Å². The first-order chi connectivity index (χ1) is 8.04. The summed E-state index contributed by atoms with van der Waals surface area (Å²) in [6.45, 7) is 14.4. The molecule has 2 unspecified atom stereocenters. The van der Waals surface area contributed by atoms with Crippen LogP contribution in [0, 0.1) is 0 Å². The van der Waals surface area contributed by atoms with Crippen LogP contribution < -0.4 is 5.73 Å². The van der Waals surface area contributed by atoms with Gasteiger partial charge in [-0.3, -0.25) is 4.90 Å². The number of nitrogens with two attached hydrogens (primary N) is 1. The van der Waals surface area contributed by atoms with Gasteiger partial charge in [0, 0.05) is 24.7 Å². The highest BCUT2D eigenvalue weighted by Gasteiger charge is 2.36. The summed E-state index contributed by atoms with van der Waals surface area (Å²) < 4.78 is 5.42. The van der Waals surface area contributed by atoms with Gasteiger partial charge in [0.2, 0.25) is 0 Å². The normalized spacial score (nSPS) is 23.1. The molecule has 1 heterocycles. The molecule has 0 aromatic heterocycles. The predicted molar refractivity (Wildman–Crippen MR) is 73.1 cm³/mol. The molecule has 2 atom stereocenters. The summed E-state index contributed by atoms with van der Waals surface area (Å²) in [4.78, 5) is 2.49. The van der Waals surface area contributed by atoms with E-state index >= 15 is 0 Å². The highest BCUT2D eigenvalue weighted by Crippen LogP contribution is 2.27. The largest absolute Gasteiger partial charge is 0.379 e. The van der Waals surface area contributed by atoms with Gasteiger partial charge in [0.15, 0.2) is 0 Å². The summed E-state index contributed by atoms with van der Waals surface area (Å²) in [5, 5.41) is 0. The Kier molecular flexibility index (Phi) is 5.63. The van der Waals surface area contributed by atoms with Gasteiger partial charge >= 0.3 is 0 Å². The molecule has 0 amide bonds. The van der Waals surface area contributed by atoms with Crippen molar-refractivity contribution >= 4 is 0 Å². The SMILES string of the molecule is C=C(CC)CC(N)C(C)(CC)N1CCOCC1. The van der Waals surface area contributed by atoms with E-state index in [-0.39, 0.29) is 11.6 Å². The average molecular weight is 240 g/mol. The molecule has 0 aromatic carbocycles. The zero-order valence-electron chi connectivity index (χ0n) is 11.7. The monoisotopic (exact) mass is 240 g/mol. The van der Waals surface area contributed by atoms with Crippen molar-refractivity contribution in [2.75, 3.05) is 26.3 Å². The molecule has 0 saturated carbocycles. The zero-order valence-corrected chi connectivity index (χ0v) is 11.7. The fraction of sp³-hybridized carbons (Fsp3) is 0.857. The van der Waals surface area contributed by atoms with Crippen LogP contribution in [0.15, 0.2) is 12.2 Å². The van der Waals surface area contributed by atoms with Gasteiger partial charge in [-0.1, -0.05) is 26.0 Å². The third-order valence-electron chi connectivity index (χ3n) is 4.26. The van der Waals surface area contributed by atoms with Gasteiger partial charge in [0.05, 0.1) is 13.2 Å².